The SMILES string of the molecule is Cc1nn(-c2ccccn2)c(O)c1-c1ccc([N+](=O)[O-])cc1. The van der Waals surface area contributed by atoms with Crippen molar-refractivity contribution in [2.24, 2.45) is 0 Å². The van der Waals surface area contributed by atoms with Crippen molar-refractivity contribution in [2.45, 2.75) is 6.92 Å². The Labute approximate surface area is 125 Å². The molecule has 0 amide bonds. The molecule has 0 saturated heterocycles. The number of pyridine rings is 1. The molecule has 1 aromatic carbocycles. The molecule has 3 rings (SSSR count). The van der Waals surface area contributed by atoms with E-state index in [1.807, 2.05) is 0 Å². The fourth-order valence-corrected chi connectivity index (χ4v) is 2.24. The van der Waals surface area contributed by atoms with Gasteiger partial charge in [-0.2, -0.15) is 9.78 Å². The molecule has 7 nitrogen and oxygen atoms in total. The highest BCUT2D eigenvalue weighted by atomic mass is 16.6. The maximum atomic E-state index is 10.7. The molecule has 0 aliphatic rings. The minimum atomic E-state index is -0.464. The maximum absolute atomic E-state index is 10.7. The van der Waals surface area contributed by atoms with Gasteiger partial charge >= 0.3 is 0 Å². The third kappa shape index (κ3) is 2.28. The predicted octanol–water partition coefficient (Wildman–Crippen LogP) is 2.86. The van der Waals surface area contributed by atoms with Crippen LogP contribution in [0.4, 0.5) is 5.69 Å². The number of benzene rings is 1. The lowest BCUT2D eigenvalue weighted by Gasteiger charge is -2.03. The van der Waals surface area contributed by atoms with Crippen molar-refractivity contribution >= 4 is 5.69 Å². The third-order valence-electron chi connectivity index (χ3n) is 3.27. The van der Waals surface area contributed by atoms with Crippen molar-refractivity contribution in [1.82, 2.24) is 14.8 Å². The Bertz CT molecular complexity index is 826. The van der Waals surface area contributed by atoms with Crippen molar-refractivity contribution < 1.29 is 10.0 Å². The first kappa shape index (κ1) is 13.7. The van der Waals surface area contributed by atoms with Crippen LogP contribution in [0.2, 0.25) is 0 Å². The smallest absolute Gasteiger partial charge is 0.269 e. The van der Waals surface area contributed by atoms with Crippen molar-refractivity contribution in [3.63, 3.8) is 0 Å². The van der Waals surface area contributed by atoms with Crippen LogP contribution in [0.25, 0.3) is 16.9 Å². The van der Waals surface area contributed by atoms with Crippen LogP contribution in [0.1, 0.15) is 5.69 Å². The number of rotatable bonds is 3. The van der Waals surface area contributed by atoms with Crippen LogP contribution in [0.15, 0.2) is 48.7 Å². The summed E-state index contributed by atoms with van der Waals surface area (Å²) in [6, 6.07) is 11.3. The number of aromatic nitrogens is 3. The predicted molar refractivity (Wildman–Crippen MR) is 79.9 cm³/mol. The molecule has 0 fully saturated rings. The number of hydrogen-bond donors (Lipinski definition) is 1. The van der Waals surface area contributed by atoms with Gasteiger partial charge in [-0.1, -0.05) is 6.07 Å². The van der Waals surface area contributed by atoms with Crippen molar-refractivity contribution in [2.75, 3.05) is 0 Å². The Morgan fingerprint density at radius 3 is 2.50 bits per heavy atom. The molecular weight excluding hydrogens is 284 g/mol. The van der Waals surface area contributed by atoms with Crippen LogP contribution in [0.5, 0.6) is 5.88 Å². The summed E-state index contributed by atoms with van der Waals surface area (Å²) in [5.41, 5.74) is 1.79. The van der Waals surface area contributed by atoms with Crippen molar-refractivity contribution in [3.8, 4) is 22.8 Å². The monoisotopic (exact) mass is 296 g/mol. The molecule has 0 bridgehead atoms. The van der Waals surface area contributed by atoms with Crippen LogP contribution in [-0.4, -0.2) is 24.8 Å². The Balaban J connectivity index is 2.09. The summed E-state index contributed by atoms with van der Waals surface area (Å²) in [5.74, 6) is 0.446. The molecule has 0 aliphatic heterocycles. The number of nitrogens with zero attached hydrogens (tertiary/aromatic N) is 4. The molecule has 0 aliphatic carbocycles. The Kier molecular flexibility index (Phi) is 3.30. The van der Waals surface area contributed by atoms with Gasteiger partial charge in [-0.3, -0.25) is 10.1 Å². The normalized spacial score (nSPS) is 10.6. The van der Waals surface area contributed by atoms with Crippen LogP contribution in [0.3, 0.4) is 0 Å². The molecular formula is C15H12N4O3. The zero-order valence-electron chi connectivity index (χ0n) is 11.7. The molecule has 2 aromatic heterocycles. The lowest BCUT2D eigenvalue weighted by atomic mass is 10.1. The van der Waals surface area contributed by atoms with Gasteiger partial charge < -0.3 is 5.11 Å². The van der Waals surface area contributed by atoms with Crippen LogP contribution >= 0.6 is 0 Å². The molecule has 0 unspecified atom stereocenters. The van der Waals surface area contributed by atoms with E-state index in [2.05, 4.69) is 10.1 Å². The lowest BCUT2D eigenvalue weighted by molar-refractivity contribution is -0.384. The topological polar surface area (TPSA) is 94.1 Å². The second-order valence-corrected chi connectivity index (χ2v) is 4.69. The van der Waals surface area contributed by atoms with Crippen LogP contribution in [-0.2, 0) is 0 Å². The van der Waals surface area contributed by atoms with E-state index in [4.69, 9.17) is 0 Å². The molecule has 22 heavy (non-hydrogen) atoms. The zero-order chi connectivity index (χ0) is 15.7. The Hall–Kier alpha value is -3.22. The number of non-ortho nitro benzene ring substituents is 1. The van der Waals surface area contributed by atoms with Gasteiger partial charge in [0.15, 0.2) is 5.82 Å². The molecule has 3 aromatic rings. The summed E-state index contributed by atoms with van der Waals surface area (Å²) < 4.78 is 1.34. The van der Waals surface area contributed by atoms with Gasteiger partial charge in [0, 0.05) is 18.3 Å². The van der Waals surface area contributed by atoms with E-state index < -0.39 is 4.92 Å². The molecule has 0 atom stereocenters. The molecule has 7 heteroatoms. The maximum Gasteiger partial charge on any atom is 0.269 e. The van der Waals surface area contributed by atoms with Crippen LogP contribution < -0.4 is 0 Å². The zero-order valence-corrected chi connectivity index (χ0v) is 11.7. The van der Waals surface area contributed by atoms with E-state index >= 15 is 0 Å². The van der Waals surface area contributed by atoms with Gasteiger partial charge in [0.1, 0.15) is 0 Å². The summed E-state index contributed by atoms with van der Waals surface area (Å²) >= 11 is 0. The summed E-state index contributed by atoms with van der Waals surface area (Å²) in [6.45, 7) is 1.76. The van der Waals surface area contributed by atoms with E-state index in [1.165, 1.54) is 16.8 Å². The summed E-state index contributed by atoms with van der Waals surface area (Å²) in [5, 5.41) is 25.4. The molecule has 110 valence electrons. The first-order chi connectivity index (χ1) is 10.6. The second kappa shape index (κ2) is 5.28. The fourth-order valence-electron chi connectivity index (χ4n) is 2.24. The first-order valence-corrected chi connectivity index (χ1v) is 6.53. The Morgan fingerprint density at radius 1 is 1.18 bits per heavy atom. The number of aryl methyl sites for hydroxylation is 1. The standard InChI is InChI=1S/C15H12N4O3/c1-10-14(11-5-7-12(8-6-11)19(21)22)15(20)18(17-10)13-4-2-3-9-16-13/h2-9,20H,1H3. The average Bonchev–Trinajstić information content (AvgIpc) is 2.83. The van der Waals surface area contributed by atoms with Gasteiger partial charge in [-0.15, -0.1) is 0 Å². The van der Waals surface area contributed by atoms with Gasteiger partial charge in [-0.05, 0) is 36.8 Å². The largest absolute Gasteiger partial charge is 0.493 e. The lowest BCUT2D eigenvalue weighted by Crippen LogP contribution is -1.98. The molecule has 1 N–H and O–H groups in total. The van der Waals surface area contributed by atoms with Crippen molar-refractivity contribution in [1.29, 1.82) is 0 Å². The highest BCUT2D eigenvalue weighted by molar-refractivity contribution is 5.72. The van der Waals surface area contributed by atoms with Crippen LogP contribution in [0, 0.1) is 17.0 Å². The number of nitro benzene ring substituents is 1. The van der Waals surface area contributed by atoms with Gasteiger partial charge in [0.05, 0.1) is 16.2 Å². The van der Waals surface area contributed by atoms with E-state index in [0.717, 1.165) is 0 Å². The van der Waals surface area contributed by atoms with E-state index in [-0.39, 0.29) is 11.6 Å². The second-order valence-electron chi connectivity index (χ2n) is 4.69. The molecule has 0 spiro atoms. The van der Waals surface area contributed by atoms with E-state index in [0.29, 0.717) is 22.6 Å². The van der Waals surface area contributed by atoms with E-state index in [1.54, 1.807) is 43.5 Å². The highest BCUT2D eigenvalue weighted by Gasteiger charge is 2.18. The Morgan fingerprint density at radius 2 is 1.91 bits per heavy atom. The molecule has 2 heterocycles. The minimum Gasteiger partial charge on any atom is -0.493 e. The number of aromatic hydroxyl groups is 1. The highest BCUT2D eigenvalue weighted by Crippen LogP contribution is 2.34. The summed E-state index contributed by atoms with van der Waals surface area (Å²) in [4.78, 5) is 14.4. The number of hydrogen-bond acceptors (Lipinski definition) is 5. The molecule has 0 saturated carbocycles. The summed E-state index contributed by atoms with van der Waals surface area (Å²) in [6.07, 6.45) is 1.61. The third-order valence-corrected chi connectivity index (χ3v) is 3.27. The first-order valence-electron chi connectivity index (χ1n) is 6.53. The summed E-state index contributed by atoms with van der Waals surface area (Å²) in [7, 11) is 0. The molecule has 0 radical (unpaired) electrons. The van der Waals surface area contributed by atoms with Gasteiger partial charge in [0.2, 0.25) is 5.88 Å². The minimum absolute atomic E-state index is 0.00184. The van der Waals surface area contributed by atoms with E-state index in [9.17, 15) is 15.2 Å². The average molecular weight is 296 g/mol. The number of nitro groups is 1. The fraction of sp³-hybridized carbons (Fsp3) is 0.0667. The van der Waals surface area contributed by atoms with Gasteiger partial charge in [-0.25, -0.2) is 4.98 Å². The van der Waals surface area contributed by atoms with Gasteiger partial charge in [0.25, 0.3) is 5.69 Å². The quantitative estimate of drug-likeness (QED) is 0.592. The van der Waals surface area contributed by atoms with Crippen molar-refractivity contribution in [3.05, 3.63) is 64.5 Å².